The zero-order chi connectivity index (χ0) is 20.3. The van der Waals surface area contributed by atoms with Gasteiger partial charge < -0.3 is 19.5 Å². The molecule has 1 aliphatic rings. The highest BCUT2D eigenvalue weighted by molar-refractivity contribution is 6.32. The summed E-state index contributed by atoms with van der Waals surface area (Å²) in [6.07, 6.45) is -1.38. The van der Waals surface area contributed by atoms with Crippen molar-refractivity contribution in [3.63, 3.8) is 0 Å². The van der Waals surface area contributed by atoms with Crippen LogP contribution in [0.1, 0.15) is 12.5 Å². The van der Waals surface area contributed by atoms with E-state index in [2.05, 4.69) is 5.32 Å². The number of fused-ring (bicyclic) bond motifs is 1. The van der Waals surface area contributed by atoms with Crippen LogP contribution in [0.3, 0.4) is 0 Å². The summed E-state index contributed by atoms with van der Waals surface area (Å²) in [5.74, 6) is -2.17. The molecule has 9 heteroatoms. The van der Waals surface area contributed by atoms with Gasteiger partial charge >= 0.3 is 5.97 Å². The zero-order valence-corrected chi connectivity index (χ0v) is 15.5. The summed E-state index contributed by atoms with van der Waals surface area (Å²) in [5, 5.41) is 2.48. The van der Waals surface area contributed by atoms with Gasteiger partial charge in [-0.3, -0.25) is 9.59 Å². The van der Waals surface area contributed by atoms with Gasteiger partial charge in [0.2, 0.25) is 0 Å². The van der Waals surface area contributed by atoms with Gasteiger partial charge in [0.05, 0.1) is 17.1 Å². The van der Waals surface area contributed by atoms with Crippen LogP contribution in [0.4, 0.5) is 14.5 Å². The first-order chi connectivity index (χ1) is 13.3. The normalized spacial score (nSPS) is 13.6. The number of nitrogens with one attached hydrogen (secondary N) is 1. The smallest absolute Gasteiger partial charge is 0.311 e. The fourth-order valence-corrected chi connectivity index (χ4v) is 2.84. The Morgan fingerprint density at radius 2 is 1.96 bits per heavy atom. The van der Waals surface area contributed by atoms with E-state index in [1.165, 1.54) is 6.92 Å². The Morgan fingerprint density at radius 1 is 1.21 bits per heavy atom. The number of rotatable bonds is 5. The second-order valence-electron chi connectivity index (χ2n) is 6.02. The largest absolute Gasteiger partial charge is 0.486 e. The summed E-state index contributed by atoms with van der Waals surface area (Å²) in [7, 11) is 0. The molecular weight excluding hydrogens is 396 g/mol. The SMILES string of the molecule is CC(OC(=O)Cc1cc(Cl)c2c(c1)OCCO2)C(=O)Nc1cc(F)ccc1F. The minimum absolute atomic E-state index is 0.164. The maximum atomic E-state index is 13.6. The maximum Gasteiger partial charge on any atom is 0.311 e. The highest BCUT2D eigenvalue weighted by Gasteiger charge is 2.22. The van der Waals surface area contributed by atoms with E-state index in [0.717, 1.165) is 18.2 Å². The Balaban J connectivity index is 1.60. The summed E-state index contributed by atoms with van der Waals surface area (Å²) in [6.45, 7) is 2.07. The number of carbonyl (C=O) groups is 2. The van der Waals surface area contributed by atoms with Crippen molar-refractivity contribution < 1.29 is 32.6 Å². The van der Waals surface area contributed by atoms with Gasteiger partial charge in [-0.25, -0.2) is 8.78 Å². The molecule has 0 radical (unpaired) electrons. The molecule has 1 atom stereocenters. The number of ether oxygens (including phenoxy) is 3. The highest BCUT2D eigenvalue weighted by atomic mass is 35.5. The fraction of sp³-hybridized carbons (Fsp3) is 0.263. The topological polar surface area (TPSA) is 73.9 Å². The second-order valence-corrected chi connectivity index (χ2v) is 6.43. The molecule has 0 spiro atoms. The van der Waals surface area contributed by atoms with E-state index < -0.39 is 29.6 Å². The van der Waals surface area contributed by atoms with Gasteiger partial charge in [-0.2, -0.15) is 0 Å². The van der Waals surface area contributed by atoms with Crippen molar-refractivity contribution in [3.05, 3.63) is 52.6 Å². The average molecular weight is 412 g/mol. The number of amides is 1. The summed E-state index contributed by atoms with van der Waals surface area (Å²) in [5.41, 5.74) is 0.176. The summed E-state index contributed by atoms with van der Waals surface area (Å²) >= 11 is 6.12. The molecule has 1 heterocycles. The van der Waals surface area contributed by atoms with E-state index >= 15 is 0 Å². The monoisotopic (exact) mass is 411 g/mol. The minimum atomic E-state index is -1.22. The molecule has 0 saturated heterocycles. The number of benzene rings is 2. The molecule has 6 nitrogen and oxygen atoms in total. The van der Waals surface area contributed by atoms with E-state index in [1.807, 2.05) is 0 Å². The van der Waals surface area contributed by atoms with Crippen LogP contribution in [0.2, 0.25) is 5.02 Å². The van der Waals surface area contributed by atoms with Crippen LogP contribution in [0.25, 0.3) is 0 Å². The first-order valence-corrected chi connectivity index (χ1v) is 8.74. The molecule has 2 aromatic rings. The lowest BCUT2D eigenvalue weighted by molar-refractivity contribution is -0.152. The van der Waals surface area contributed by atoms with Gasteiger partial charge in [0, 0.05) is 6.07 Å². The van der Waals surface area contributed by atoms with Gasteiger partial charge in [-0.1, -0.05) is 11.6 Å². The van der Waals surface area contributed by atoms with Crippen molar-refractivity contribution >= 4 is 29.2 Å². The van der Waals surface area contributed by atoms with E-state index in [9.17, 15) is 18.4 Å². The second kappa shape index (κ2) is 8.43. The molecule has 0 fully saturated rings. The molecule has 1 amide bonds. The number of hydrogen-bond acceptors (Lipinski definition) is 5. The van der Waals surface area contributed by atoms with Crippen LogP contribution in [0.15, 0.2) is 30.3 Å². The van der Waals surface area contributed by atoms with Crippen molar-refractivity contribution in [3.8, 4) is 11.5 Å². The van der Waals surface area contributed by atoms with Crippen molar-refractivity contribution in [1.82, 2.24) is 0 Å². The third-order valence-corrected chi connectivity index (χ3v) is 4.15. The Kier molecular flexibility index (Phi) is 5.99. The predicted octanol–water partition coefficient (Wildman–Crippen LogP) is 3.50. The van der Waals surface area contributed by atoms with Crippen LogP contribution < -0.4 is 14.8 Å². The van der Waals surface area contributed by atoms with E-state index in [-0.39, 0.29) is 12.1 Å². The van der Waals surface area contributed by atoms with Crippen molar-refractivity contribution in [1.29, 1.82) is 0 Å². The molecule has 1 N–H and O–H groups in total. The zero-order valence-electron chi connectivity index (χ0n) is 14.8. The van der Waals surface area contributed by atoms with Gasteiger partial charge in [0.1, 0.15) is 24.8 Å². The van der Waals surface area contributed by atoms with Gasteiger partial charge in [-0.05, 0) is 36.8 Å². The molecule has 0 aromatic heterocycles. The maximum absolute atomic E-state index is 13.6. The molecular formula is C19H16ClF2NO5. The minimum Gasteiger partial charge on any atom is -0.486 e. The summed E-state index contributed by atoms with van der Waals surface area (Å²) in [4.78, 5) is 24.2. The average Bonchev–Trinajstić information content (AvgIpc) is 2.64. The Labute approximate surface area is 164 Å². The third-order valence-electron chi connectivity index (χ3n) is 3.87. The van der Waals surface area contributed by atoms with Crippen molar-refractivity contribution in [2.75, 3.05) is 18.5 Å². The molecule has 2 aromatic carbocycles. The molecule has 28 heavy (non-hydrogen) atoms. The molecule has 0 aliphatic carbocycles. The fourth-order valence-electron chi connectivity index (χ4n) is 2.55. The van der Waals surface area contributed by atoms with Crippen molar-refractivity contribution in [2.24, 2.45) is 0 Å². The summed E-state index contributed by atoms with van der Waals surface area (Å²) < 4.78 is 42.7. The lowest BCUT2D eigenvalue weighted by Crippen LogP contribution is -2.30. The molecule has 1 aliphatic heterocycles. The number of esters is 1. The lowest BCUT2D eigenvalue weighted by Gasteiger charge is -2.20. The number of carbonyl (C=O) groups excluding carboxylic acids is 2. The standard InChI is InChI=1S/C19H16ClF2NO5/c1-10(19(25)23-15-9-12(21)2-3-14(15)22)28-17(24)8-11-6-13(20)18-16(7-11)26-4-5-27-18/h2-3,6-7,9-10H,4-5,8H2,1H3,(H,23,25). The van der Waals surface area contributed by atoms with E-state index in [4.69, 9.17) is 25.8 Å². The van der Waals surface area contributed by atoms with Crippen LogP contribution >= 0.6 is 11.6 Å². The Hall–Kier alpha value is -2.87. The predicted molar refractivity (Wildman–Crippen MR) is 96.7 cm³/mol. The first-order valence-electron chi connectivity index (χ1n) is 8.37. The lowest BCUT2D eigenvalue weighted by atomic mass is 10.1. The molecule has 0 bridgehead atoms. The Morgan fingerprint density at radius 3 is 2.75 bits per heavy atom. The summed E-state index contributed by atoms with van der Waals surface area (Å²) in [6, 6.07) is 5.79. The first kappa shape index (κ1) is 19.9. The van der Waals surface area contributed by atoms with Crippen LogP contribution in [-0.2, 0) is 20.7 Å². The van der Waals surface area contributed by atoms with E-state index in [1.54, 1.807) is 12.1 Å². The molecule has 0 saturated carbocycles. The molecule has 148 valence electrons. The molecule has 3 rings (SSSR count). The highest BCUT2D eigenvalue weighted by Crippen LogP contribution is 2.38. The van der Waals surface area contributed by atoms with E-state index in [0.29, 0.717) is 35.3 Å². The van der Waals surface area contributed by atoms with Crippen LogP contribution in [-0.4, -0.2) is 31.2 Å². The third kappa shape index (κ3) is 4.69. The number of halogens is 3. The quantitative estimate of drug-likeness (QED) is 0.762. The van der Waals surface area contributed by atoms with Crippen LogP contribution in [0.5, 0.6) is 11.5 Å². The van der Waals surface area contributed by atoms with Gasteiger partial charge in [-0.15, -0.1) is 0 Å². The van der Waals surface area contributed by atoms with Crippen molar-refractivity contribution in [2.45, 2.75) is 19.4 Å². The number of anilines is 1. The van der Waals surface area contributed by atoms with Gasteiger partial charge in [0.15, 0.2) is 17.6 Å². The number of hydrogen-bond donors (Lipinski definition) is 1. The van der Waals surface area contributed by atoms with Gasteiger partial charge in [0.25, 0.3) is 5.91 Å². The molecule has 1 unspecified atom stereocenters. The Bertz CT molecular complexity index is 921. The van der Waals surface area contributed by atoms with Crippen LogP contribution in [0, 0.1) is 11.6 Å².